The van der Waals surface area contributed by atoms with E-state index in [1.54, 1.807) is 31.8 Å². The molecule has 0 saturated carbocycles. The van der Waals surface area contributed by atoms with Crippen molar-refractivity contribution in [3.63, 3.8) is 0 Å². The fourth-order valence-corrected chi connectivity index (χ4v) is 6.84. The number of carboxylic acid groups (broad SMARTS) is 1. The molecule has 0 fully saturated rings. The van der Waals surface area contributed by atoms with Gasteiger partial charge in [0.2, 0.25) is 0 Å². The predicted octanol–water partition coefficient (Wildman–Crippen LogP) is 9.29. The molecule has 0 saturated heterocycles. The van der Waals surface area contributed by atoms with Gasteiger partial charge in [-0.15, -0.1) is 11.8 Å². The van der Waals surface area contributed by atoms with Crippen LogP contribution in [0.3, 0.4) is 0 Å². The van der Waals surface area contributed by atoms with Gasteiger partial charge < -0.3 is 14.4 Å². The molecule has 0 radical (unpaired) electrons. The number of pyridine rings is 2. The Hall–Kier alpha value is -5.13. The molecule has 0 bridgehead atoms. The Morgan fingerprint density at radius 2 is 1.62 bits per heavy atom. The molecule has 0 amide bonds. The number of carboxylic acids is 1. The molecule has 48 heavy (non-hydrogen) atoms. The summed E-state index contributed by atoms with van der Waals surface area (Å²) in [5.74, 6) is -0.312. The lowest BCUT2D eigenvalue weighted by molar-refractivity contribution is -0.146. The number of hydrogen-bond acceptors (Lipinski definition) is 6. The van der Waals surface area contributed by atoms with E-state index in [1.807, 2.05) is 60.7 Å². The van der Waals surface area contributed by atoms with E-state index in [2.05, 4.69) is 61.9 Å². The first kappa shape index (κ1) is 32.8. The van der Waals surface area contributed by atoms with Gasteiger partial charge in [-0.25, -0.2) is 9.97 Å². The summed E-state index contributed by atoms with van der Waals surface area (Å²) in [5.41, 5.74) is 6.11. The summed E-state index contributed by atoms with van der Waals surface area (Å²) in [6, 6.07) is 30.1. The zero-order chi connectivity index (χ0) is 34.1. The van der Waals surface area contributed by atoms with Gasteiger partial charge in [0.1, 0.15) is 18.0 Å². The van der Waals surface area contributed by atoms with E-state index in [4.69, 9.17) is 20.0 Å². The van der Waals surface area contributed by atoms with E-state index in [0.29, 0.717) is 17.9 Å². The van der Waals surface area contributed by atoms with Crippen molar-refractivity contribution in [3.8, 4) is 22.9 Å². The van der Waals surface area contributed by atoms with Crippen LogP contribution in [0.5, 0.6) is 5.75 Å². The Balaban J connectivity index is 1.39. The molecule has 3 aromatic heterocycles. The van der Waals surface area contributed by atoms with Crippen molar-refractivity contribution >= 4 is 39.7 Å². The number of aromatic nitrogens is 3. The first-order chi connectivity index (χ1) is 22.9. The van der Waals surface area contributed by atoms with Crippen molar-refractivity contribution in [3.05, 3.63) is 120 Å². The van der Waals surface area contributed by atoms with Crippen molar-refractivity contribution in [2.75, 3.05) is 0 Å². The molecule has 8 heteroatoms. The molecule has 0 aliphatic carbocycles. The Morgan fingerprint density at radius 3 is 2.29 bits per heavy atom. The second-order valence-corrected chi connectivity index (χ2v) is 15.5. The van der Waals surface area contributed by atoms with Crippen LogP contribution in [0, 0.1) is 16.7 Å². The third-order valence-electron chi connectivity index (χ3n) is 8.22. The monoisotopic (exact) mass is 654 g/mol. The molecule has 0 aliphatic rings. The average molecular weight is 655 g/mol. The number of hydrogen-bond donors (Lipinski definition) is 1. The first-order valence-corrected chi connectivity index (χ1v) is 16.7. The molecule has 0 aliphatic heterocycles. The van der Waals surface area contributed by atoms with Crippen molar-refractivity contribution < 1.29 is 14.6 Å². The molecular formula is C40H38N4O3S. The minimum absolute atomic E-state index is 0.104. The molecule has 6 rings (SSSR count). The largest absolute Gasteiger partial charge is 0.485 e. The van der Waals surface area contributed by atoms with Crippen molar-refractivity contribution in [1.29, 1.82) is 5.26 Å². The van der Waals surface area contributed by atoms with E-state index in [0.717, 1.165) is 54.8 Å². The fraction of sp³-hybridized carbons (Fsp3) is 0.250. The van der Waals surface area contributed by atoms with Crippen LogP contribution in [0.15, 0.2) is 102 Å². The van der Waals surface area contributed by atoms with Crippen molar-refractivity contribution in [2.45, 2.75) is 63.8 Å². The molecule has 0 spiro atoms. The topological polar surface area (TPSA) is 101 Å². The highest BCUT2D eigenvalue weighted by molar-refractivity contribution is 8.00. The lowest BCUT2D eigenvalue weighted by Crippen LogP contribution is -2.26. The lowest BCUT2D eigenvalue weighted by atomic mass is 9.85. The molecule has 0 atom stereocenters. The highest BCUT2D eigenvalue weighted by Gasteiger charge is 2.32. The SMILES string of the molecule is CC(C)(C)Sc1cn(Cc2ccc(-c3ccc(C#N)cc3)cc2)c2ncc(OCc3ccc4ccccc4n3)c(CC(C)(C)C(=O)O)c12. The van der Waals surface area contributed by atoms with Gasteiger partial charge >= 0.3 is 5.97 Å². The third-order valence-corrected chi connectivity index (χ3v) is 9.36. The maximum Gasteiger partial charge on any atom is 0.309 e. The Bertz CT molecular complexity index is 2160. The standard InChI is InChI=1S/C40H38N4O3S/c1-39(2,3)48-35-24-44(23-27-12-16-29(17-13-27)28-14-10-26(21-41)11-15-28)37-36(35)32(20-40(4,5)38(45)46)34(22-42-37)47-25-31-19-18-30-8-6-7-9-33(30)43-31/h6-19,22,24H,20,23,25H2,1-5H3,(H,45,46). The lowest BCUT2D eigenvalue weighted by Gasteiger charge is -2.23. The van der Waals surface area contributed by atoms with Gasteiger partial charge in [-0.05, 0) is 61.2 Å². The zero-order valence-electron chi connectivity index (χ0n) is 27.8. The van der Waals surface area contributed by atoms with E-state index in [9.17, 15) is 9.90 Å². The van der Waals surface area contributed by atoms with Gasteiger partial charge in [0.05, 0.1) is 34.5 Å². The van der Waals surface area contributed by atoms with Gasteiger partial charge in [0.25, 0.3) is 0 Å². The number of ether oxygens (including phenoxy) is 1. The highest BCUT2D eigenvalue weighted by Crippen LogP contribution is 2.43. The van der Waals surface area contributed by atoms with Gasteiger partial charge in [0, 0.05) is 38.7 Å². The molecule has 242 valence electrons. The quantitative estimate of drug-likeness (QED) is 0.147. The number of aliphatic carboxylic acids is 1. The second-order valence-electron chi connectivity index (χ2n) is 13.7. The van der Waals surface area contributed by atoms with E-state index in [-0.39, 0.29) is 17.8 Å². The number of nitriles is 1. The fourth-order valence-electron chi connectivity index (χ4n) is 5.69. The van der Waals surface area contributed by atoms with Crippen LogP contribution >= 0.6 is 11.8 Å². The number of thioether (sulfide) groups is 1. The summed E-state index contributed by atoms with van der Waals surface area (Å²) in [6.45, 7) is 10.8. The number of benzene rings is 3. The molecule has 6 aromatic rings. The van der Waals surface area contributed by atoms with Crippen LogP contribution in [0.2, 0.25) is 0 Å². The molecular weight excluding hydrogens is 617 g/mol. The average Bonchev–Trinajstić information content (AvgIpc) is 3.39. The number of nitrogens with zero attached hydrogens (tertiary/aromatic N) is 4. The molecule has 7 nitrogen and oxygen atoms in total. The number of fused-ring (bicyclic) bond motifs is 2. The molecule has 3 aromatic carbocycles. The minimum atomic E-state index is -1.04. The maximum atomic E-state index is 12.4. The smallest absolute Gasteiger partial charge is 0.309 e. The second kappa shape index (κ2) is 13.2. The van der Waals surface area contributed by atoms with Gasteiger partial charge in [-0.2, -0.15) is 5.26 Å². The number of rotatable bonds is 10. The van der Waals surface area contributed by atoms with Gasteiger partial charge in [-0.3, -0.25) is 4.79 Å². The summed E-state index contributed by atoms with van der Waals surface area (Å²) in [6.07, 6.45) is 4.13. The first-order valence-electron chi connectivity index (χ1n) is 15.9. The van der Waals surface area contributed by atoms with E-state index < -0.39 is 11.4 Å². The highest BCUT2D eigenvalue weighted by atomic mass is 32.2. The summed E-state index contributed by atoms with van der Waals surface area (Å²) in [5, 5.41) is 21.3. The normalized spacial score (nSPS) is 11.9. The van der Waals surface area contributed by atoms with Gasteiger partial charge in [-0.1, -0.05) is 81.4 Å². The minimum Gasteiger partial charge on any atom is -0.485 e. The van der Waals surface area contributed by atoms with Crippen LogP contribution in [-0.2, 0) is 24.4 Å². The third kappa shape index (κ3) is 7.22. The predicted molar refractivity (Wildman–Crippen MR) is 192 cm³/mol. The zero-order valence-corrected chi connectivity index (χ0v) is 28.6. The number of carbonyl (C=O) groups is 1. The molecule has 1 N–H and O–H groups in total. The van der Waals surface area contributed by atoms with Crippen molar-refractivity contribution in [1.82, 2.24) is 14.5 Å². The number of para-hydroxylation sites is 1. The van der Waals surface area contributed by atoms with E-state index >= 15 is 0 Å². The molecule has 3 heterocycles. The Labute approximate surface area is 285 Å². The van der Waals surface area contributed by atoms with Crippen LogP contribution in [0.25, 0.3) is 33.1 Å². The van der Waals surface area contributed by atoms with Crippen LogP contribution in [-0.4, -0.2) is 30.4 Å². The summed E-state index contributed by atoms with van der Waals surface area (Å²) >= 11 is 1.74. The van der Waals surface area contributed by atoms with Gasteiger partial charge in [0.15, 0.2) is 0 Å². The maximum absolute atomic E-state index is 12.4. The summed E-state index contributed by atoms with van der Waals surface area (Å²) in [4.78, 5) is 23.2. The van der Waals surface area contributed by atoms with E-state index in [1.165, 1.54) is 0 Å². The Morgan fingerprint density at radius 1 is 0.938 bits per heavy atom. The van der Waals surface area contributed by atoms with Crippen LogP contribution in [0.1, 0.15) is 57.0 Å². The van der Waals surface area contributed by atoms with Crippen LogP contribution in [0.4, 0.5) is 0 Å². The van der Waals surface area contributed by atoms with Crippen LogP contribution < -0.4 is 4.74 Å². The van der Waals surface area contributed by atoms with Crippen molar-refractivity contribution in [2.24, 2.45) is 5.41 Å². The Kier molecular flexibility index (Phi) is 9.00. The summed E-state index contributed by atoms with van der Waals surface area (Å²) in [7, 11) is 0. The summed E-state index contributed by atoms with van der Waals surface area (Å²) < 4.78 is 8.48. The molecule has 0 unspecified atom stereocenters.